The van der Waals surface area contributed by atoms with Gasteiger partial charge in [0.25, 0.3) is 0 Å². The molecule has 0 aliphatic carbocycles. The van der Waals surface area contributed by atoms with Crippen molar-refractivity contribution in [3.8, 4) is 0 Å². The van der Waals surface area contributed by atoms with Crippen LogP contribution >= 0.6 is 15.9 Å². The van der Waals surface area contributed by atoms with Gasteiger partial charge < -0.3 is 4.57 Å². The molecule has 1 heterocycles. The van der Waals surface area contributed by atoms with Crippen molar-refractivity contribution in [1.82, 2.24) is 4.57 Å². The molecule has 0 bridgehead atoms. The van der Waals surface area contributed by atoms with Gasteiger partial charge >= 0.3 is 0 Å². The summed E-state index contributed by atoms with van der Waals surface area (Å²) in [5.41, 5.74) is 1.33. The van der Waals surface area contributed by atoms with Crippen molar-refractivity contribution in [1.29, 1.82) is 0 Å². The summed E-state index contributed by atoms with van der Waals surface area (Å²) in [6.07, 6.45) is 2.17. The van der Waals surface area contributed by atoms with E-state index in [1.807, 2.05) is 0 Å². The van der Waals surface area contributed by atoms with Gasteiger partial charge in [0.15, 0.2) is 0 Å². The third-order valence-electron chi connectivity index (χ3n) is 2.45. The highest BCUT2D eigenvalue weighted by Crippen LogP contribution is 2.17. The lowest BCUT2D eigenvalue weighted by atomic mass is 10.2. The van der Waals surface area contributed by atoms with Gasteiger partial charge in [0.2, 0.25) is 0 Å². The van der Waals surface area contributed by atoms with E-state index >= 15 is 0 Å². The van der Waals surface area contributed by atoms with Crippen molar-refractivity contribution in [3.05, 3.63) is 36.5 Å². The maximum atomic E-state index is 3.51. The highest BCUT2D eigenvalue weighted by molar-refractivity contribution is 9.09. The molecule has 2 aromatic rings. The molecule has 1 aromatic carbocycles. The summed E-state index contributed by atoms with van der Waals surface area (Å²) in [5.74, 6) is 0.672. The van der Waals surface area contributed by atoms with Crippen molar-refractivity contribution in [2.75, 3.05) is 5.33 Å². The van der Waals surface area contributed by atoms with Crippen molar-refractivity contribution >= 4 is 26.8 Å². The number of para-hydroxylation sites is 1. The predicted molar refractivity (Wildman–Crippen MR) is 64.9 cm³/mol. The first-order valence-corrected chi connectivity index (χ1v) is 6.03. The molecule has 1 atom stereocenters. The molecular formula is C12H14BrN. The van der Waals surface area contributed by atoms with Crippen molar-refractivity contribution < 1.29 is 0 Å². The van der Waals surface area contributed by atoms with Gasteiger partial charge in [0, 0.05) is 23.6 Å². The summed E-state index contributed by atoms with van der Waals surface area (Å²) in [6, 6.07) is 10.7. The fraction of sp³-hybridized carbons (Fsp3) is 0.333. The number of hydrogen-bond donors (Lipinski definition) is 0. The first-order valence-electron chi connectivity index (χ1n) is 4.91. The molecule has 0 amide bonds. The molecule has 0 saturated heterocycles. The molecule has 0 radical (unpaired) electrons. The molecule has 1 aromatic heterocycles. The summed E-state index contributed by atoms with van der Waals surface area (Å²) < 4.78 is 2.32. The van der Waals surface area contributed by atoms with Crippen LogP contribution in [0.1, 0.15) is 6.92 Å². The first kappa shape index (κ1) is 9.78. The Morgan fingerprint density at radius 2 is 2.07 bits per heavy atom. The van der Waals surface area contributed by atoms with Gasteiger partial charge in [0.1, 0.15) is 0 Å². The van der Waals surface area contributed by atoms with E-state index < -0.39 is 0 Å². The molecule has 1 nitrogen and oxygen atoms in total. The number of aromatic nitrogens is 1. The van der Waals surface area contributed by atoms with Crippen molar-refractivity contribution in [3.63, 3.8) is 0 Å². The Bertz CT molecular complexity index is 419. The topological polar surface area (TPSA) is 4.93 Å². The van der Waals surface area contributed by atoms with Crippen LogP contribution in [0.5, 0.6) is 0 Å². The molecule has 1 unspecified atom stereocenters. The van der Waals surface area contributed by atoms with Crippen LogP contribution in [0.15, 0.2) is 36.5 Å². The number of fused-ring (bicyclic) bond motifs is 1. The number of rotatable bonds is 3. The zero-order chi connectivity index (χ0) is 9.97. The Labute approximate surface area is 92.9 Å². The SMILES string of the molecule is CC(CBr)Cn1ccc2ccccc21. The Morgan fingerprint density at radius 1 is 1.29 bits per heavy atom. The van der Waals surface area contributed by atoms with Gasteiger partial charge in [-0.15, -0.1) is 0 Å². The van der Waals surface area contributed by atoms with Crippen LogP contribution in [-0.4, -0.2) is 9.90 Å². The van der Waals surface area contributed by atoms with Crippen molar-refractivity contribution in [2.45, 2.75) is 13.5 Å². The van der Waals surface area contributed by atoms with Crippen LogP contribution in [0.2, 0.25) is 0 Å². The summed E-state index contributed by atoms with van der Waals surface area (Å²) in [7, 11) is 0. The van der Waals surface area contributed by atoms with E-state index in [9.17, 15) is 0 Å². The smallest absolute Gasteiger partial charge is 0.0480 e. The fourth-order valence-corrected chi connectivity index (χ4v) is 1.89. The quantitative estimate of drug-likeness (QED) is 0.734. The van der Waals surface area contributed by atoms with Crippen LogP contribution in [-0.2, 0) is 6.54 Å². The second kappa shape index (κ2) is 4.18. The van der Waals surface area contributed by atoms with E-state index in [0.717, 1.165) is 11.9 Å². The molecule has 0 saturated carbocycles. The Balaban J connectivity index is 2.33. The Kier molecular flexibility index (Phi) is 2.92. The van der Waals surface area contributed by atoms with E-state index in [2.05, 4.69) is 63.9 Å². The van der Waals surface area contributed by atoms with Crippen LogP contribution < -0.4 is 0 Å². The molecule has 0 fully saturated rings. The van der Waals surface area contributed by atoms with Gasteiger partial charge in [-0.3, -0.25) is 0 Å². The third kappa shape index (κ3) is 1.85. The number of benzene rings is 1. The lowest BCUT2D eigenvalue weighted by Crippen LogP contribution is -2.07. The Morgan fingerprint density at radius 3 is 2.86 bits per heavy atom. The molecule has 0 aliphatic heterocycles. The van der Waals surface area contributed by atoms with E-state index in [-0.39, 0.29) is 0 Å². The van der Waals surface area contributed by atoms with E-state index in [4.69, 9.17) is 0 Å². The minimum Gasteiger partial charge on any atom is -0.347 e. The van der Waals surface area contributed by atoms with Crippen LogP contribution in [0.3, 0.4) is 0 Å². The maximum Gasteiger partial charge on any atom is 0.0480 e. The lowest BCUT2D eigenvalue weighted by Gasteiger charge is -2.10. The third-order valence-corrected chi connectivity index (χ3v) is 3.56. The summed E-state index contributed by atoms with van der Waals surface area (Å²) in [4.78, 5) is 0. The lowest BCUT2D eigenvalue weighted by molar-refractivity contribution is 0.546. The average Bonchev–Trinajstić information content (AvgIpc) is 2.62. The predicted octanol–water partition coefficient (Wildman–Crippen LogP) is 3.67. The van der Waals surface area contributed by atoms with Gasteiger partial charge in [0.05, 0.1) is 0 Å². The number of alkyl halides is 1. The van der Waals surface area contributed by atoms with Gasteiger partial charge in [-0.25, -0.2) is 0 Å². The second-order valence-corrected chi connectivity index (χ2v) is 4.43. The monoisotopic (exact) mass is 251 g/mol. The normalized spacial score (nSPS) is 13.3. The van der Waals surface area contributed by atoms with E-state index in [1.165, 1.54) is 10.9 Å². The van der Waals surface area contributed by atoms with Crippen LogP contribution in [0.25, 0.3) is 10.9 Å². The summed E-state index contributed by atoms with van der Waals surface area (Å²) >= 11 is 3.51. The van der Waals surface area contributed by atoms with Gasteiger partial charge in [-0.1, -0.05) is 41.1 Å². The van der Waals surface area contributed by atoms with Gasteiger partial charge in [-0.05, 0) is 23.4 Å². The number of halogens is 1. The zero-order valence-electron chi connectivity index (χ0n) is 8.28. The minimum absolute atomic E-state index is 0.672. The zero-order valence-corrected chi connectivity index (χ0v) is 9.87. The van der Waals surface area contributed by atoms with Crippen molar-refractivity contribution in [2.24, 2.45) is 5.92 Å². The summed E-state index contributed by atoms with van der Waals surface area (Å²) in [5, 5.41) is 2.38. The minimum atomic E-state index is 0.672. The van der Waals surface area contributed by atoms with Gasteiger partial charge in [-0.2, -0.15) is 0 Å². The second-order valence-electron chi connectivity index (χ2n) is 3.79. The molecule has 0 N–H and O–H groups in total. The summed E-state index contributed by atoms with van der Waals surface area (Å²) in [6.45, 7) is 3.34. The van der Waals surface area contributed by atoms with E-state index in [1.54, 1.807) is 0 Å². The molecule has 2 rings (SSSR count). The molecule has 74 valence electrons. The Hall–Kier alpha value is -0.760. The molecule has 2 heteroatoms. The fourth-order valence-electron chi connectivity index (χ4n) is 1.68. The first-order chi connectivity index (χ1) is 6.81. The van der Waals surface area contributed by atoms with Crippen LogP contribution in [0.4, 0.5) is 0 Å². The average molecular weight is 252 g/mol. The largest absolute Gasteiger partial charge is 0.347 e. The molecule has 14 heavy (non-hydrogen) atoms. The number of nitrogens with zero attached hydrogens (tertiary/aromatic N) is 1. The highest BCUT2D eigenvalue weighted by Gasteiger charge is 2.03. The molecular weight excluding hydrogens is 238 g/mol. The number of hydrogen-bond acceptors (Lipinski definition) is 0. The maximum absolute atomic E-state index is 3.51. The molecule has 0 spiro atoms. The van der Waals surface area contributed by atoms with Crippen LogP contribution in [0, 0.1) is 5.92 Å². The standard InChI is InChI=1S/C12H14BrN/c1-10(8-13)9-14-7-6-11-4-2-3-5-12(11)14/h2-7,10H,8-9H2,1H3. The van der Waals surface area contributed by atoms with E-state index in [0.29, 0.717) is 5.92 Å². The molecule has 0 aliphatic rings. The highest BCUT2D eigenvalue weighted by atomic mass is 79.9.